The molecule has 0 aromatic heterocycles. The van der Waals surface area contributed by atoms with Crippen LogP contribution in [0.25, 0.3) is 0 Å². The van der Waals surface area contributed by atoms with E-state index in [2.05, 4.69) is 5.32 Å². The van der Waals surface area contributed by atoms with Crippen molar-refractivity contribution < 1.29 is 9.90 Å². The second kappa shape index (κ2) is 4.14. The van der Waals surface area contributed by atoms with Gasteiger partial charge in [-0.15, -0.1) is 0 Å². The second-order valence-corrected chi connectivity index (χ2v) is 3.13. The molecule has 0 bridgehead atoms. The molecule has 70 valence electrons. The van der Waals surface area contributed by atoms with Gasteiger partial charge in [0.05, 0.1) is 12.0 Å². The summed E-state index contributed by atoms with van der Waals surface area (Å²) in [4.78, 5) is 10.4. The SMILES string of the molecule is CC(Nc1ccc(Cl)cc1)C(=O)[O-]. The molecule has 1 aromatic rings. The normalized spacial score (nSPS) is 12.2. The molecule has 1 rings (SSSR count). The Hall–Kier alpha value is -1.22. The van der Waals surface area contributed by atoms with Gasteiger partial charge in [0.15, 0.2) is 0 Å². The van der Waals surface area contributed by atoms with Crippen LogP contribution in [0.4, 0.5) is 5.69 Å². The van der Waals surface area contributed by atoms with Crippen molar-refractivity contribution in [2.75, 3.05) is 5.32 Å². The van der Waals surface area contributed by atoms with Crippen LogP contribution in [0.5, 0.6) is 0 Å². The summed E-state index contributed by atoms with van der Waals surface area (Å²) < 4.78 is 0. The first-order valence-corrected chi connectivity index (χ1v) is 4.20. The maximum atomic E-state index is 10.4. The molecule has 1 atom stereocenters. The van der Waals surface area contributed by atoms with Crippen molar-refractivity contribution in [2.24, 2.45) is 0 Å². The van der Waals surface area contributed by atoms with Crippen LogP contribution in [0, 0.1) is 0 Å². The molecule has 3 nitrogen and oxygen atoms in total. The van der Waals surface area contributed by atoms with Crippen molar-refractivity contribution in [1.29, 1.82) is 0 Å². The minimum absolute atomic E-state index is 0.617. The molecule has 0 fully saturated rings. The number of rotatable bonds is 3. The Balaban J connectivity index is 2.64. The van der Waals surface area contributed by atoms with Gasteiger partial charge in [0.2, 0.25) is 0 Å². The third-order valence-electron chi connectivity index (χ3n) is 1.58. The van der Waals surface area contributed by atoms with Gasteiger partial charge in [0, 0.05) is 10.7 Å². The Morgan fingerprint density at radius 1 is 1.46 bits per heavy atom. The number of anilines is 1. The van der Waals surface area contributed by atoms with E-state index in [9.17, 15) is 9.90 Å². The molecule has 1 unspecified atom stereocenters. The molecule has 0 aliphatic rings. The van der Waals surface area contributed by atoms with E-state index in [0.717, 1.165) is 0 Å². The summed E-state index contributed by atoms with van der Waals surface area (Å²) in [7, 11) is 0. The van der Waals surface area contributed by atoms with Crippen LogP contribution in [-0.4, -0.2) is 12.0 Å². The Kier molecular flexibility index (Phi) is 3.14. The van der Waals surface area contributed by atoms with Crippen molar-refractivity contribution in [3.63, 3.8) is 0 Å². The van der Waals surface area contributed by atoms with Crippen LogP contribution in [0.2, 0.25) is 5.02 Å². The molecule has 1 aromatic carbocycles. The maximum Gasteiger partial charge on any atom is 0.0634 e. The van der Waals surface area contributed by atoms with Gasteiger partial charge in [-0.25, -0.2) is 0 Å². The van der Waals surface area contributed by atoms with E-state index in [1.807, 2.05) is 0 Å². The zero-order chi connectivity index (χ0) is 9.84. The van der Waals surface area contributed by atoms with Crippen LogP contribution in [0.1, 0.15) is 6.92 Å². The third-order valence-corrected chi connectivity index (χ3v) is 1.83. The number of carboxylic acid groups (broad SMARTS) is 1. The molecule has 0 aliphatic carbocycles. The number of benzene rings is 1. The first-order valence-electron chi connectivity index (χ1n) is 3.82. The molecule has 0 aliphatic heterocycles. The van der Waals surface area contributed by atoms with E-state index in [1.165, 1.54) is 6.92 Å². The highest BCUT2D eigenvalue weighted by molar-refractivity contribution is 6.30. The van der Waals surface area contributed by atoms with Gasteiger partial charge < -0.3 is 15.2 Å². The van der Waals surface area contributed by atoms with Gasteiger partial charge in [0.25, 0.3) is 0 Å². The number of hydrogen-bond acceptors (Lipinski definition) is 3. The lowest BCUT2D eigenvalue weighted by molar-refractivity contribution is -0.306. The third kappa shape index (κ3) is 2.95. The second-order valence-electron chi connectivity index (χ2n) is 2.69. The summed E-state index contributed by atoms with van der Waals surface area (Å²) in [5.41, 5.74) is 0.709. The first kappa shape index (κ1) is 9.86. The van der Waals surface area contributed by atoms with E-state index in [-0.39, 0.29) is 0 Å². The molecular weight excluding hydrogens is 190 g/mol. The number of hydrogen-bond donors (Lipinski definition) is 1. The Morgan fingerprint density at radius 3 is 2.46 bits per heavy atom. The molecule has 0 heterocycles. The van der Waals surface area contributed by atoms with E-state index in [0.29, 0.717) is 10.7 Å². The zero-order valence-corrected chi connectivity index (χ0v) is 7.84. The Bertz CT molecular complexity index is 297. The van der Waals surface area contributed by atoms with E-state index in [1.54, 1.807) is 24.3 Å². The number of aliphatic carboxylic acids is 1. The number of carbonyl (C=O) groups is 1. The minimum Gasteiger partial charge on any atom is -0.548 e. The number of halogens is 1. The zero-order valence-electron chi connectivity index (χ0n) is 7.08. The Labute approximate surface area is 81.3 Å². The van der Waals surface area contributed by atoms with Crippen LogP contribution in [0.3, 0.4) is 0 Å². The summed E-state index contributed by atoms with van der Waals surface area (Å²) in [6.45, 7) is 1.52. The molecule has 0 radical (unpaired) electrons. The molecule has 13 heavy (non-hydrogen) atoms. The first-order chi connectivity index (χ1) is 6.09. The number of carbonyl (C=O) groups excluding carboxylic acids is 1. The molecule has 1 N–H and O–H groups in total. The van der Waals surface area contributed by atoms with Crippen molar-refractivity contribution in [2.45, 2.75) is 13.0 Å². The molecule has 0 amide bonds. The average Bonchev–Trinajstić information content (AvgIpc) is 2.08. The minimum atomic E-state index is -1.13. The fourth-order valence-electron chi connectivity index (χ4n) is 0.855. The van der Waals surface area contributed by atoms with Crippen molar-refractivity contribution in [3.8, 4) is 0 Å². The van der Waals surface area contributed by atoms with Crippen molar-refractivity contribution in [3.05, 3.63) is 29.3 Å². The summed E-state index contributed by atoms with van der Waals surface area (Å²) in [6, 6.07) is 6.09. The van der Waals surface area contributed by atoms with Crippen LogP contribution in [-0.2, 0) is 4.79 Å². The summed E-state index contributed by atoms with van der Waals surface area (Å²) >= 11 is 5.65. The smallest absolute Gasteiger partial charge is 0.0634 e. The highest BCUT2D eigenvalue weighted by atomic mass is 35.5. The van der Waals surface area contributed by atoms with Gasteiger partial charge in [-0.3, -0.25) is 0 Å². The maximum absolute atomic E-state index is 10.4. The fraction of sp³-hybridized carbons (Fsp3) is 0.222. The Morgan fingerprint density at radius 2 is 2.00 bits per heavy atom. The monoisotopic (exact) mass is 198 g/mol. The lowest BCUT2D eigenvalue weighted by atomic mass is 10.3. The van der Waals surface area contributed by atoms with E-state index in [4.69, 9.17) is 11.6 Å². The quantitative estimate of drug-likeness (QED) is 0.785. The predicted octanol–water partition coefficient (Wildman–Crippen LogP) is 0.890. The van der Waals surface area contributed by atoms with Crippen LogP contribution in [0.15, 0.2) is 24.3 Å². The summed E-state index contributed by atoms with van der Waals surface area (Å²) in [5, 5.41) is 13.7. The summed E-state index contributed by atoms with van der Waals surface area (Å²) in [5.74, 6) is -1.13. The van der Waals surface area contributed by atoms with Crippen LogP contribution < -0.4 is 10.4 Å². The van der Waals surface area contributed by atoms with Crippen molar-refractivity contribution >= 4 is 23.3 Å². The molecule has 0 saturated carbocycles. The van der Waals surface area contributed by atoms with Gasteiger partial charge >= 0.3 is 0 Å². The van der Waals surface area contributed by atoms with Gasteiger partial charge in [-0.2, -0.15) is 0 Å². The predicted molar refractivity (Wildman–Crippen MR) is 49.5 cm³/mol. The highest BCUT2D eigenvalue weighted by Gasteiger charge is 2.01. The topological polar surface area (TPSA) is 52.2 Å². The molecule has 0 spiro atoms. The van der Waals surface area contributed by atoms with E-state index >= 15 is 0 Å². The number of carboxylic acids is 1. The van der Waals surface area contributed by atoms with Gasteiger partial charge in [0.1, 0.15) is 0 Å². The molecular formula is C9H9ClNO2-. The summed E-state index contributed by atoms with van der Waals surface area (Å²) in [6.07, 6.45) is 0. The lowest BCUT2D eigenvalue weighted by Gasteiger charge is -2.15. The number of nitrogens with one attached hydrogen (secondary N) is 1. The molecule has 0 saturated heterocycles. The average molecular weight is 199 g/mol. The van der Waals surface area contributed by atoms with Crippen molar-refractivity contribution in [1.82, 2.24) is 0 Å². The van der Waals surface area contributed by atoms with E-state index < -0.39 is 12.0 Å². The van der Waals surface area contributed by atoms with Gasteiger partial charge in [-0.05, 0) is 31.2 Å². The fourth-order valence-corrected chi connectivity index (χ4v) is 0.981. The standard InChI is InChI=1S/C9H10ClNO2/c1-6(9(12)13)11-8-4-2-7(10)3-5-8/h2-6,11H,1H3,(H,12,13)/p-1. The largest absolute Gasteiger partial charge is 0.548 e. The van der Waals surface area contributed by atoms with Crippen LogP contribution >= 0.6 is 11.6 Å². The lowest BCUT2D eigenvalue weighted by Crippen LogP contribution is -2.38. The highest BCUT2D eigenvalue weighted by Crippen LogP contribution is 2.13. The molecule has 4 heteroatoms. The van der Waals surface area contributed by atoms with Gasteiger partial charge in [-0.1, -0.05) is 11.6 Å².